The van der Waals surface area contributed by atoms with Crippen LogP contribution < -0.4 is 0 Å². The summed E-state index contributed by atoms with van der Waals surface area (Å²) in [4.78, 5) is 27.7. The molecule has 0 bridgehead atoms. The van der Waals surface area contributed by atoms with Gasteiger partial charge in [0.2, 0.25) is 0 Å². The van der Waals surface area contributed by atoms with Crippen molar-refractivity contribution in [3.8, 4) is 0 Å². The van der Waals surface area contributed by atoms with Gasteiger partial charge in [-0.15, -0.1) is 0 Å². The summed E-state index contributed by atoms with van der Waals surface area (Å²) < 4.78 is 16.7. The van der Waals surface area contributed by atoms with E-state index in [0.717, 1.165) is 70.9 Å². The molecular weight excluding hydrogens is 598 g/mol. The Kier molecular flexibility index (Phi) is 35.1. The Morgan fingerprint density at radius 3 is 1.73 bits per heavy atom. The molecule has 2 unspecified atom stereocenters. The van der Waals surface area contributed by atoms with Crippen molar-refractivity contribution in [2.75, 3.05) is 33.4 Å². The maximum Gasteiger partial charge on any atom is 0.508 e. The van der Waals surface area contributed by atoms with E-state index in [-0.39, 0.29) is 18.0 Å². The molecule has 0 spiro atoms. The third kappa shape index (κ3) is 31.4. The van der Waals surface area contributed by atoms with Crippen molar-refractivity contribution < 1.29 is 23.8 Å². The Hall–Kier alpha value is -1.82. The highest BCUT2D eigenvalue weighted by Crippen LogP contribution is 2.23. The van der Waals surface area contributed by atoms with Crippen LogP contribution in [0.4, 0.5) is 4.79 Å². The lowest BCUT2D eigenvalue weighted by molar-refractivity contribution is -0.148. The molecule has 0 aliphatic carbocycles. The lowest BCUT2D eigenvalue weighted by atomic mass is 9.93. The zero-order chi connectivity index (χ0) is 35.3. The molecular formula is C42H79NO5. The SMILES string of the molecule is CCCCC/C=C\C/C=C\CCCCCCC(CCC(CCCCCCCCCCCC)OC(=O)OCCCN(C)CC)C(=O)OCC. The van der Waals surface area contributed by atoms with E-state index >= 15 is 0 Å². The number of nitrogens with zero attached hydrogens (tertiary/aromatic N) is 1. The number of hydrogen-bond donors (Lipinski definition) is 0. The third-order valence-corrected chi connectivity index (χ3v) is 9.30. The maximum atomic E-state index is 12.9. The lowest BCUT2D eigenvalue weighted by Gasteiger charge is -2.21. The second-order valence-corrected chi connectivity index (χ2v) is 13.8. The fraction of sp³-hybridized carbons (Fsp3) is 0.857. The first-order valence-corrected chi connectivity index (χ1v) is 20.5. The van der Waals surface area contributed by atoms with Crippen molar-refractivity contribution in [1.29, 1.82) is 0 Å². The lowest BCUT2D eigenvalue weighted by Crippen LogP contribution is -2.24. The average Bonchev–Trinajstić information content (AvgIpc) is 3.08. The minimum atomic E-state index is -0.573. The van der Waals surface area contributed by atoms with Crippen molar-refractivity contribution >= 4 is 12.1 Å². The number of hydrogen-bond acceptors (Lipinski definition) is 6. The van der Waals surface area contributed by atoms with E-state index in [4.69, 9.17) is 14.2 Å². The second kappa shape index (κ2) is 36.5. The quantitative estimate of drug-likeness (QED) is 0.0378. The van der Waals surface area contributed by atoms with E-state index < -0.39 is 6.16 Å². The van der Waals surface area contributed by atoms with Gasteiger partial charge in [0.1, 0.15) is 6.10 Å². The molecule has 0 aliphatic heterocycles. The molecule has 0 radical (unpaired) electrons. The van der Waals surface area contributed by atoms with Crippen LogP contribution in [0.15, 0.2) is 24.3 Å². The van der Waals surface area contributed by atoms with E-state index in [1.807, 2.05) is 6.92 Å². The van der Waals surface area contributed by atoms with Gasteiger partial charge >= 0.3 is 12.1 Å². The van der Waals surface area contributed by atoms with Crippen molar-refractivity contribution in [2.24, 2.45) is 5.92 Å². The molecule has 48 heavy (non-hydrogen) atoms. The number of esters is 1. The molecule has 282 valence electrons. The molecule has 6 nitrogen and oxygen atoms in total. The monoisotopic (exact) mass is 678 g/mol. The normalized spacial score (nSPS) is 13.0. The summed E-state index contributed by atoms with van der Waals surface area (Å²) in [5.74, 6) is -0.253. The number of carbonyl (C=O) groups is 2. The van der Waals surface area contributed by atoms with Crippen LogP contribution in [0.3, 0.4) is 0 Å². The minimum absolute atomic E-state index is 0.108. The molecule has 0 aromatic carbocycles. The molecule has 0 N–H and O–H groups in total. The molecule has 6 heteroatoms. The molecule has 0 aromatic heterocycles. The maximum absolute atomic E-state index is 12.9. The van der Waals surface area contributed by atoms with Gasteiger partial charge in [-0.3, -0.25) is 4.79 Å². The average molecular weight is 678 g/mol. The predicted octanol–water partition coefficient (Wildman–Crippen LogP) is 12.5. The van der Waals surface area contributed by atoms with Gasteiger partial charge in [0.15, 0.2) is 0 Å². The molecule has 0 amide bonds. The fourth-order valence-corrected chi connectivity index (χ4v) is 5.99. The van der Waals surface area contributed by atoms with Crippen LogP contribution in [0.2, 0.25) is 0 Å². The first-order chi connectivity index (χ1) is 23.5. The van der Waals surface area contributed by atoms with Crippen molar-refractivity contribution in [1.82, 2.24) is 4.90 Å². The summed E-state index contributed by atoms with van der Waals surface area (Å²) in [5, 5.41) is 0. The Labute approximate surface area is 298 Å². The van der Waals surface area contributed by atoms with Crippen LogP contribution in [0.5, 0.6) is 0 Å². The Bertz CT molecular complexity index is 767. The number of allylic oxidation sites excluding steroid dienone is 4. The summed E-state index contributed by atoms with van der Waals surface area (Å²) in [5.41, 5.74) is 0. The summed E-state index contributed by atoms with van der Waals surface area (Å²) in [6, 6.07) is 0. The molecule has 2 atom stereocenters. The summed E-state index contributed by atoms with van der Waals surface area (Å²) in [7, 11) is 2.06. The van der Waals surface area contributed by atoms with Gasteiger partial charge < -0.3 is 19.1 Å². The van der Waals surface area contributed by atoms with E-state index in [2.05, 4.69) is 57.0 Å². The fourth-order valence-electron chi connectivity index (χ4n) is 5.99. The van der Waals surface area contributed by atoms with Crippen LogP contribution in [0, 0.1) is 5.92 Å². The van der Waals surface area contributed by atoms with Crippen molar-refractivity contribution in [3.63, 3.8) is 0 Å². The minimum Gasteiger partial charge on any atom is -0.466 e. The third-order valence-electron chi connectivity index (χ3n) is 9.30. The van der Waals surface area contributed by atoms with Crippen LogP contribution in [-0.2, 0) is 19.0 Å². The molecule has 0 aliphatic rings. The molecule has 0 fully saturated rings. The highest BCUT2D eigenvalue weighted by atomic mass is 16.7. The van der Waals surface area contributed by atoms with Crippen LogP contribution >= 0.6 is 0 Å². The van der Waals surface area contributed by atoms with Crippen molar-refractivity contribution in [2.45, 2.75) is 194 Å². The number of rotatable bonds is 35. The van der Waals surface area contributed by atoms with Gasteiger partial charge in [-0.1, -0.05) is 135 Å². The van der Waals surface area contributed by atoms with Crippen molar-refractivity contribution in [3.05, 3.63) is 24.3 Å². The summed E-state index contributed by atoms with van der Waals surface area (Å²) >= 11 is 0. The standard InChI is InChI=1S/C42H79NO5/c1-6-10-12-14-16-18-20-21-22-23-24-26-28-30-33-39(41(44)46-9-4)35-36-40(48-42(45)47-38-32-37-43(5)8-3)34-31-29-27-25-19-17-15-13-11-7-2/h16,18,21-22,39-40H,6-15,17,19-20,23-38H2,1-5H3/b18-16-,22-21-. The van der Waals surface area contributed by atoms with E-state index in [0.29, 0.717) is 26.1 Å². The molecule has 0 saturated heterocycles. The largest absolute Gasteiger partial charge is 0.508 e. The van der Waals surface area contributed by atoms with Gasteiger partial charge in [0, 0.05) is 6.54 Å². The van der Waals surface area contributed by atoms with E-state index in [9.17, 15) is 9.59 Å². The van der Waals surface area contributed by atoms with Gasteiger partial charge in [-0.2, -0.15) is 0 Å². The Morgan fingerprint density at radius 1 is 0.583 bits per heavy atom. The van der Waals surface area contributed by atoms with Crippen LogP contribution in [0.1, 0.15) is 188 Å². The molecule has 0 saturated carbocycles. The molecule has 0 heterocycles. The van der Waals surface area contributed by atoms with Gasteiger partial charge in [-0.25, -0.2) is 4.79 Å². The van der Waals surface area contributed by atoms with Crippen LogP contribution in [-0.4, -0.2) is 56.5 Å². The topological polar surface area (TPSA) is 65.1 Å². The first-order valence-electron chi connectivity index (χ1n) is 20.5. The first kappa shape index (κ1) is 46.2. The number of carbonyl (C=O) groups excluding carboxylic acids is 2. The Balaban J connectivity index is 4.67. The molecule has 0 aromatic rings. The van der Waals surface area contributed by atoms with Crippen LogP contribution in [0.25, 0.3) is 0 Å². The van der Waals surface area contributed by atoms with Gasteiger partial charge in [-0.05, 0) is 91.1 Å². The van der Waals surface area contributed by atoms with E-state index in [1.165, 1.54) is 89.9 Å². The number of ether oxygens (including phenoxy) is 3. The highest BCUT2D eigenvalue weighted by Gasteiger charge is 2.23. The zero-order valence-corrected chi connectivity index (χ0v) is 32.5. The predicted molar refractivity (Wildman–Crippen MR) is 205 cm³/mol. The molecule has 0 rings (SSSR count). The second-order valence-electron chi connectivity index (χ2n) is 13.8. The Morgan fingerprint density at radius 2 is 1.12 bits per heavy atom. The summed E-state index contributed by atoms with van der Waals surface area (Å²) in [6.07, 6.45) is 36.7. The summed E-state index contributed by atoms with van der Waals surface area (Å²) in [6.45, 7) is 11.1. The zero-order valence-electron chi connectivity index (χ0n) is 32.5. The smallest absolute Gasteiger partial charge is 0.466 e. The van der Waals surface area contributed by atoms with E-state index in [1.54, 1.807) is 0 Å². The highest BCUT2D eigenvalue weighted by molar-refractivity contribution is 5.72. The number of unbranched alkanes of at least 4 members (excludes halogenated alkanes) is 16. The van der Waals surface area contributed by atoms with Gasteiger partial charge in [0.25, 0.3) is 0 Å². The van der Waals surface area contributed by atoms with Gasteiger partial charge in [0.05, 0.1) is 19.1 Å².